The van der Waals surface area contributed by atoms with Crippen LogP contribution in [-0.2, 0) is 6.54 Å². The largest absolute Gasteiger partial charge is 0.375 e. The summed E-state index contributed by atoms with van der Waals surface area (Å²) in [5.41, 5.74) is 1.25. The Morgan fingerprint density at radius 3 is 2.50 bits per heavy atom. The summed E-state index contributed by atoms with van der Waals surface area (Å²) in [6, 6.07) is 9.88. The Morgan fingerprint density at radius 1 is 1.15 bits per heavy atom. The van der Waals surface area contributed by atoms with Gasteiger partial charge >= 0.3 is 0 Å². The Morgan fingerprint density at radius 2 is 1.80 bits per heavy atom. The smallest absolute Gasteiger partial charge is 0.293 e. The number of nitro benzene ring substituents is 1. The van der Waals surface area contributed by atoms with Gasteiger partial charge in [-0.3, -0.25) is 10.1 Å². The minimum atomic E-state index is -0.471. The van der Waals surface area contributed by atoms with Crippen LogP contribution in [0.4, 0.5) is 11.4 Å². The number of halogens is 3. The number of nitrogens with one attached hydrogen (secondary N) is 1. The van der Waals surface area contributed by atoms with Crippen LogP contribution in [0.3, 0.4) is 0 Å². The number of benzene rings is 2. The zero-order chi connectivity index (χ0) is 14.7. The van der Waals surface area contributed by atoms with Crippen LogP contribution < -0.4 is 5.32 Å². The minimum Gasteiger partial charge on any atom is -0.375 e. The quantitative estimate of drug-likeness (QED) is 0.584. The van der Waals surface area contributed by atoms with Crippen LogP contribution in [0.1, 0.15) is 5.56 Å². The summed E-state index contributed by atoms with van der Waals surface area (Å²) < 4.78 is 0.881. The van der Waals surface area contributed by atoms with Gasteiger partial charge in [-0.1, -0.05) is 39.1 Å². The van der Waals surface area contributed by atoms with Gasteiger partial charge in [0.05, 0.1) is 4.92 Å². The maximum Gasteiger partial charge on any atom is 0.293 e. The molecule has 0 bridgehead atoms. The molecule has 20 heavy (non-hydrogen) atoms. The summed E-state index contributed by atoms with van der Waals surface area (Å²) in [5, 5.41) is 14.9. The normalized spacial score (nSPS) is 10.3. The summed E-state index contributed by atoms with van der Waals surface area (Å²) in [4.78, 5) is 10.5. The average Bonchev–Trinajstić information content (AvgIpc) is 2.40. The van der Waals surface area contributed by atoms with E-state index in [2.05, 4.69) is 21.2 Å². The third-order valence-corrected chi connectivity index (χ3v) is 3.88. The lowest BCUT2D eigenvalue weighted by Gasteiger charge is -2.09. The van der Waals surface area contributed by atoms with Crippen LogP contribution in [0.25, 0.3) is 0 Å². The first-order chi connectivity index (χ1) is 9.47. The van der Waals surface area contributed by atoms with E-state index in [1.54, 1.807) is 24.3 Å². The van der Waals surface area contributed by atoms with Crippen molar-refractivity contribution >= 4 is 50.5 Å². The van der Waals surface area contributed by atoms with E-state index in [-0.39, 0.29) is 5.69 Å². The molecule has 0 amide bonds. The standard InChI is InChI=1S/C13H9BrCl2N2O2/c14-11-3-1-9(15)5-8(11)7-17-12-4-2-10(16)6-13(12)18(19)20/h1-6,17H,7H2. The van der Waals surface area contributed by atoms with Crippen LogP contribution in [0.15, 0.2) is 40.9 Å². The molecule has 0 saturated heterocycles. The van der Waals surface area contributed by atoms with E-state index in [4.69, 9.17) is 23.2 Å². The molecule has 0 aliphatic heterocycles. The molecule has 0 aliphatic carbocycles. The molecule has 2 rings (SSSR count). The molecule has 0 radical (unpaired) electrons. The summed E-state index contributed by atoms with van der Waals surface area (Å²) >= 11 is 15.1. The van der Waals surface area contributed by atoms with Crippen molar-refractivity contribution in [2.75, 3.05) is 5.32 Å². The van der Waals surface area contributed by atoms with E-state index < -0.39 is 4.92 Å². The van der Waals surface area contributed by atoms with Crippen LogP contribution in [0, 0.1) is 10.1 Å². The van der Waals surface area contributed by atoms with Gasteiger partial charge in [-0.2, -0.15) is 0 Å². The Balaban J connectivity index is 2.23. The van der Waals surface area contributed by atoms with Crippen LogP contribution in [0.2, 0.25) is 10.0 Å². The van der Waals surface area contributed by atoms with Crippen LogP contribution >= 0.6 is 39.1 Å². The minimum absolute atomic E-state index is 0.0596. The monoisotopic (exact) mass is 374 g/mol. The highest BCUT2D eigenvalue weighted by molar-refractivity contribution is 9.10. The SMILES string of the molecule is O=[N+]([O-])c1cc(Cl)ccc1NCc1cc(Cl)ccc1Br. The number of hydrogen-bond acceptors (Lipinski definition) is 3. The van der Waals surface area contributed by atoms with Gasteiger partial charge in [0.1, 0.15) is 5.69 Å². The topological polar surface area (TPSA) is 55.2 Å². The second-order valence-electron chi connectivity index (χ2n) is 4.01. The van der Waals surface area contributed by atoms with Crippen LogP contribution in [0.5, 0.6) is 0 Å². The van der Waals surface area contributed by atoms with Crippen molar-refractivity contribution in [2.45, 2.75) is 6.54 Å². The van der Waals surface area contributed by atoms with Gasteiger partial charge in [0.25, 0.3) is 5.69 Å². The lowest BCUT2D eigenvalue weighted by atomic mass is 10.2. The second-order valence-corrected chi connectivity index (χ2v) is 5.74. The van der Waals surface area contributed by atoms with Gasteiger partial charge < -0.3 is 5.32 Å². The average molecular weight is 376 g/mol. The molecule has 0 saturated carbocycles. The molecule has 1 N–H and O–H groups in total. The molecule has 2 aromatic carbocycles. The van der Waals surface area contributed by atoms with Crippen molar-refractivity contribution < 1.29 is 4.92 Å². The predicted molar refractivity (Wildman–Crippen MR) is 84.6 cm³/mol. The Bertz CT molecular complexity index is 665. The molecule has 0 aliphatic rings. The zero-order valence-electron chi connectivity index (χ0n) is 10.1. The highest BCUT2D eigenvalue weighted by Gasteiger charge is 2.14. The van der Waals surface area contributed by atoms with Crippen molar-refractivity contribution in [3.63, 3.8) is 0 Å². The molecule has 0 atom stereocenters. The fraction of sp³-hybridized carbons (Fsp3) is 0.0769. The predicted octanol–water partition coefficient (Wildman–Crippen LogP) is 5.28. The molecule has 0 aromatic heterocycles. The van der Waals surface area contributed by atoms with E-state index in [0.717, 1.165) is 10.0 Å². The third-order valence-electron chi connectivity index (χ3n) is 2.63. The molecule has 0 fully saturated rings. The van der Waals surface area contributed by atoms with Crippen molar-refractivity contribution in [1.29, 1.82) is 0 Å². The molecule has 0 spiro atoms. The lowest BCUT2D eigenvalue weighted by molar-refractivity contribution is -0.383. The zero-order valence-corrected chi connectivity index (χ0v) is 13.2. The van der Waals surface area contributed by atoms with E-state index in [1.165, 1.54) is 6.07 Å². The van der Waals surface area contributed by atoms with Gasteiger partial charge in [0.15, 0.2) is 0 Å². The molecule has 0 heterocycles. The summed E-state index contributed by atoms with van der Waals surface area (Å²) in [7, 11) is 0. The van der Waals surface area contributed by atoms with Crippen molar-refractivity contribution in [3.8, 4) is 0 Å². The van der Waals surface area contributed by atoms with Crippen molar-refractivity contribution in [2.24, 2.45) is 0 Å². The van der Waals surface area contributed by atoms with Gasteiger partial charge in [0, 0.05) is 27.1 Å². The lowest BCUT2D eigenvalue weighted by Crippen LogP contribution is -2.03. The fourth-order valence-corrected chi connectivity index (χ4v) is 2.42. The van der Waals surface area contributed by atoms with Gasteiger partial charge in [-0.25, -0.2) is 0 Å². The summed E-state index contributed by atoms with van der Waals surface area (Å²) in [6.45, 7) is 0.406. The maximum absolute atomic E-state index is 11.0. The fourth-order valence-electron chi connectivity index (χ4n) is 1.67. The Hall–Kier alpha value is -1.30. The van der Waals surface area contributed by atoms with E-state index >= 15 is 0 Å². The first kappa shape index (κ1) is 15.1. The van der Waals surface area contributed by atoms with Gasteiger partial charge in [0.2, 0.25) is 0 Å². The molecule has 0 unspecified atom stereocenters. The van der Waals surface area contributed by atoms with Crippen LogP contribution in [-0.4, -0.2) is 4.92 Å². The van der Waals surface area contributed by atoms with E-state index in [1.807, 2.05) is 6.07 Å². The highest BCUT2D eigenvalue weighted by atomic mass is 79.9. The summed E-state index contributed by atoms with van der Waals surface area (Å²) in [6.07, 6.45) is 0. The van der Waals surface area contributed by atoms with Crippen molar-refractivity contribution in [3.05, 3.63) is 66.6 Å². The molecule has 7 heteroatoms. The first-order valence-corrected chi connectivity index (χ1v) is 7.14. The molecular formula is C13H9BrCl2N2O2. The van der Waals surface area contributed by atoms with Gasteiger partial charge in [-0.15, -0.1) is 0 Å². The second kappa shape index (κ2) is 6.43. The van der Waals surface area contributed by atoms with E-state index in [0.29, 0.717) is 22.3 Å². The Labute approximate surface area is 134 Å². The van der Waals surface area contributed by atoms with Crippen molar-refractivity contribution in [1.82, 2.24) is 0 Å². The maximum atomic E-state index is 11.0. The molecule has 4 nitrogen and oxygen atoms in total. The number of rotatable bonds is 4. The molecule has 104 valence electrons. The number of hydrogen-bond donors (Lipinski definition) is 1. The molecular weight excluding hydrogens is 367 g/mol. The number of anilines is 1. The highest BCUT2D eigenvalue weighted by Crippen LogP contribution is 2.29. The van der Waals surface area contributed by atoms with E-state index in [9.17, 15) is 10.1 Å². The van der Waals surface area contributed by atoms with Gasteiger partial charge in [-0.05, 0) is 35.9 Å². The molecule has 2 aromatic rings. The number of nitro groups is 1. The first-order valence-electron chi connectivity index (χ1n) is 5.59. The summed E-state index contributed by atoms with van der Waals surface area (Å²) in [5.74, 6) is 0. The Kier molecular flexibility index (Phi) is 4.86. The third kappa shape index (κ3) is 3.62. The number of nitrogens with zero attached hydrogens (tertiary/aromatic N) is 1.